The second-order valence-electron chi connectivity index (χ2n) is 3.36. The zero-order valence-corrected chi connectivity index (χ0v) is 8.31. The lowest BCUT2D eigenvalue weighted by Crippen LogP contribution is -2.31. The fourth-order valence-corrected chi connectivity index (χ4v) is 1.13. The molecule has 1 aromatic carbocycles. The van der Waals surface area contributed by atoms with Crippen LogP contribution in [-0.2, 0) is 9.53 Å². The Hall–Kier alpha value is -1.55. The summed E-state index contributed by atoms with van der Waals surface area (Å²) in [5.74, 6) is 0.588. The average Bonchev–Trinajstić information content (AvgIpc) is 3.09. The topological polar surface area (TPSA) is 50.9 Å². The molecule has 0 radical (unpaired) electrons. The molecule has 15 heavy (non-hydrogen) atoms. The van der Waals surface area contributed by atoms with Crippen molar-refractivity contribution in [1.82, 2.24) is 5.32 Å². The molecule has 0 aliphatic carbocycles. The van der Waals surface area contributed by atoms with Crippen LogP contribution in [0.3, 0.4) is 0 Å². The van der Waals surface area contributed by atoms with Gasteiger partial charge in [0.25, 0.3) is 5.91 Å². The van der Waals surface area contributed by atoms with Crippen LogP contribution in [0.4, 0.5) is 0 Å². The van der Waals surface area contributed by atoms with Crippen LogP contribution in [0.5, 0.6) is 5.75 Å². The number of nitrogens with one attached hydrogen (secondary N) is 1. The van der Waals surface area contributed by atoms with Crippen LogP contribution in [0.25, 0.3) is 0 Å². The first-order valence-corrected chi connectivity index (χ1v) is 4.91. The van der Waals surface area contributed by atoms with Gasteiger partial charge in [0, 0.05) is 6.54 Å². The number of benzene rings is 1. The lowest BCUT2D eigenvalue weighted by Gasteiger charge is -2.05. The summed E-state index contributed by atoms with van der Waals surface area (Å²) in [6, 6.07) is 9.27. The zero-order valence-electron chi connectivity index (χ0n) is 8.31. The molecule has 0 unspecified atom stereocenters. The number of epoxide rings is 1. The van der Waals surface area contributed by atoms with Crippen molar-refractivity contribution in [3.8, 4) is 5.75 Å². The van der Waals surface area contributed by atoms with Crippen molar-refractivity contribution < 1.29 is 14.3 Å². The summed E-state index contributed by atoms with van der Waals surface area (Å²) in [5, 5.41) is 2.73. The van der Waals surface area contributed by atoms with Crippen molar-refractivity contribution >= 4 is 5.91 Å². The molecule has 0 aromatic heterocycles. The molecule has 0 spiro atoms. The molecule has 80 valence electrons. The summed E-state index contributed by atoms with van der Waals surface area (Å²) in [5.41, 5.74) is 0. The summed E-state index contributed by atoms with van der Waals surface area (Å²) in [6.45, 7) is 1.38. The molecule has 4 heteroatoms. The zero-order chi connectivity index (χ0) is 10.5. The van der Waals surface area contributed by atoms with Gasteiger partial charge in [0.1, 0.15) is 5.75 Å². The Balaban J connectivity index is 1.66. The van der Waals surface area contributed by atoms with Crippen molar-refractivity contribution in [2.45, 2.75) is 6.10 Å². The molecular formula is C11H13NO3. The van der Waals surface area contributed by atoms with E-state index in [1.807, 2.05) is 30.3 Å². The maximum Gasteiger partial charge on any atom is 0.258 e. The normalized spacial score (nSPS) is 18.3. The fourth-order valence-electron chi connectivity index (χ4n) is 1.13. The van der Waals surface area contributed by atoms with Gasteiger partial charge in [0.2, 0.25) is 0 Å². The Bertz CT molecular complexity index is 322. The van der Waals surface area contributed by atoms with E-state index in [1.165, 1.54) is 0 Å². The van der Waals surface area contributed by atoms with Gasteiger partial charge in [0.05, 0.1) is 12.7 Å². The molecule has 1 heterocycles. The third-order valence-corrected chi connectivity index (χ3v) is 2.04. The summed E-state index contributed by atoms with van der Waals surface area (Å²) in [4.78, 5) is 11.3. The van der Waals surface area contributed by atoms with Crippen LogP contribution < -0.4 is 10.1 Å². The summed E-state index contributed by atoms with van der Waals surface area (Å²) in [7, 11) is 0. The highest BCUT2D eigenvalue weighted by Crippen LogP contribution is 2.08. The van der Waals surface area contributed by atoms with Crippen LogP contribution in [0.1, 0.15) is 0 Å². The third-order valence-electron chi connectivity index (χ3n) is 2.04. The maximum atomic E-state index is 11.3. The van der Waals surface area contributed by atoms with E-state index in [2.05, 4.69) is 5.32 Å². The Morgan fingerprint density at radius 2 is 2.20 bits per heavy atom. The minimum atomic E-state index is -0.116. The molecule has 0 saturated carbocycles. The van der Waals surface area contributed by atoms with Crippen molar-refractivity contribution in [2.75, 3.05) is 19.8 Å². The predicted octanol–water partition coefficient (Wildman–Crippen LogP) is 0.580. The molecule has 4 nitrogen and oxygen atoms in total. The van der Waals surface area contributed by atoms with E-state index in [0.29, 0.717) is 12.3 Å². The number of amides is 1. The molecular weight excluding hydrogens is 194 g/mol. The van der Waals surface area contributed by atoms with E-state index < -0.39 is 0 Å². The summed E-state index contributed by atoms with van der Waals surface area (Å²) < 4.78 is 10.2. The molecule has 1 atom stereocenters. The smallest absolute Gasteiger partial charge is 0.258 e. The lowest BCUT2D eigenvalue weighted by molar-refractivity contribution is -0.123. The number of rotatable bonds is 5. The van der Waals surface area contributed by atoms with E-state index in [9.17, 15) is 4.79 Å². The van der Waals surface area contributed by atoms with Gasteiger partial charge in [-0.15, -0.1) is 0 Å². The lowest BCUT2D eigenvalue weighted by atomic mass is 10.3. The molecule has 1 aliphatic heterocycles. The van der Waals surface area contributed by atoms with Gasteiger partial charge in [-0.2, -0.15) is 0 Å². The third kappa shape index (κ3) is 3.59. The number of para-hydroxylation sites is 1. The van der Waals surface area contributed by atoms with Crippen molar-refractivity contribution in [2.24, 2.45) is 0 Å². The van der Waals surface area contributed by atoms with E-state index in [-0.39, 0.29) is 18.6 Å². The number of hydrogen-bond donors (Lipinski definition) is 1. The Labute approximate surface area is 88.2 Å². The number of hydrogen-bond acceptors (Lipinski definition) is 3. The maximum absolute atomic E-state index is 11.3. The molecule has 1 amide bonds. The van der Waals surface area contributed by atoms with Gasteiger partial charge >= 0.3 is 0 Å². The first-order valence-electron chi connectivity index (χ1n) is 4.91. The first-order chi connectivity index (χ1) is 7.34. The van der Waals surface area contributed by atoms with Gasteiger partial charge < -0.3 is 14.8 Å². The SMILES string of the molecule is O=C(COc1ccccc1)NC[C@@H]1CO1. The number of carbonyl (C=O) groups is 1. The summed E-state index contributed by atoms with van der Waals surface area (Å²) >= 11 is 0. The second-order valence-corrected chi connectivity index (χ2v) is 3.36. The van der Waals surface area contributed by atoms with Crippen LogP contribution >= 0.6 is 0 Å². The molecule has 1 saturated heterocycles. The van der Waals surface area contributed by atoms with E-state index in [4.69, 9.17) is 9.47 Å². The molecule has 1 fully saturated rings. The largest absolute Gasteiger partial charge is 0.484 e. The number of ether oxygens (including phenoxy) is 2. The Morgan fingerprint density at radius 3 is 2.87 bits per heavy atom. The van der Waals surface area contributed by atoms with Gasteiger partial charge in [-0.1, -0.05) is 18.2 Å². The molecule has 0 bridgehead atoms. The fraction of sp³-hybridized carbons (Fsp3) is 0.364. The highest BCUT2D eigenvalue weighted by molar-refractivity contribution is 5.77. The van der Waals surface area contributed by atoms with Crippen molar-refractivity contribution in [3.63, 3.8) is 0 Å². The van der Waals surface area contributed by atoms with Gasteiger partial charge in [0.15, 0.2) is 6.61 Å². The van der Waals surface area contributed by atoms with Crippen LogP contribution in [0, 0.1) is 0 Å². The van der Waals surface area contributed by atoms with E-state index in [0.717, 1.165) is 6.61 Å². The minimum absolute atomic E-state index is 0.0523. The molecule has 1 N–H and O–H groups in total. The van der Waals surface area contributed by atoms with Crippen LogP contribution in [0.15, 0.2) is 30.3 Å². The Morgan fingerprint density at radius 1 is 1.47 bits per heavy atom. The number of carbonyl (C=O) groups excluding carboxylic acids is 1. The van der Waals surface area contributed by atoms with Gasteiger partial charge in [-0.05, 0) is 12.1 Å². The standard InChI is InChI=1S/C11H13NO3/c13-11(12-6-10-7-14-10)8-15-9-4-2-1-3-5-9/h1-5,10H,6-8H2,(H,12,13)/t10-/m1/s1. The molecule has 2 rings (SSSR count). The minimum Gasteiger partial charge on any atom is -0.484 e. The van der Waals surface area contributed by atoms with Crippen molar-refractivity contribution in [1.29, 1.82) is 0 Å². The second kappa shape index (κ2) is 4.79. The van der Waals surface area contributed by atoms with Crippen molar-refractivity contribution in [3.05, 3.63) is 30.3 Å². The predicted molar refractivity (Wildman–Crippen MR) is 54.7 cm³/mol. The Kier molecular flexibility index (Phi) is 3.19. The highest BCUT2D eigenvalue weighted by atomic mass is 16.6. The highest BCUT2D eigenvalue weighted by Gasteiger charge is 2.22. The van der Waals surface area contributed by atoms with Gasteiger partial charge in [-0.25, -0.2) is 0 Å². The molecule has 1 aliphatic rings. The van der Waals surface area contributed by atoms with Crippen LogP contribution in [0.2, 0.25) is 0 Å². The monoisotopic (exact) mass is 207 g/mol. The first kappa shape index (κ1) is 9.98. The average molecular weight is 207 g/mol. The summed E-state index contributed by atoms with van der Waals surface area (Å²) in [6.07, 6.45) is 0.214. The van der Waals surface area contributed by atoms with Gasteiger partial charge in [-0.3, -0.25) is 4.79 Å². The van der Waals surface area contributed by atoms with Crippen LogP contribution in [-0.4, -0.2) is 31.8 Å². The van der Waals surface area contributed by atoms with E-state index in [1.54, 1.807) is 0 Å². The quantitative estimate of drug-likeness (QED) is 0.718. The van der Waals surface area contributed by atoms with E-state index >= 15 is 0 Å². The molecule has 1 aromatic rings.